The molecule has 0 saturated carbocycles. The molecule has 0 aliphatic rings. The predicted molar refractivity (Wildman–Crippen MR) is 155 cm³/mol. The third-order valence-corrected chi connectivity index (χ3v) is 21.5. The van der Waals surface area contributed by atoms with Crippen LogP contribution in [0.5, 0.6) is 0 Å². The zero-order valence-corrected chi connectivity index (χ0v) is 25.6. The Labute approximate surface area is 220 Å². The molecular formula is C32H50O2Sn. The van der Waals surface area contributed by atoms with E-state index in [9.17, 15) is 0 Å². The summed E-state index contributed by atoms with van der Waals surface area (Å²) >= 11 is -2.21. The summed E-state index contributed by atoms with van der Waals surface area (Å²) in [6, 6.07) is 21.2. The Bertz CT molecular complexity index is 709. The molecule has 2 nitrogen and oxygen atoms in total. The van der Waals surface area contributed by atoms with Crippen molar-refractivity contribution in [3.63, 3.8) is 0 Å². The van der Waals surface area contributed by atoms with Crippen LogP contribution < -0.4 is 0 Å². The van der Waals surface area contributed by atoms with Crippen molar-refractivity contribution < 1.29 is 9.47 Å². The van der Waals surface area contributed by atoms with E-state index in [1.807, 2.05) is 0 Å². The number of rotatable bonds is 20. The van der Waals surface area contributed by atoms with Crippen LogP contribution in [0.2, 0.25) is 13.3 Å². The molecule has 194 valence electrons. The Morgan fingerprint density at radius 1 is 0.743 bits per heavy atom. The van der Waals surface area contributed by atoms with Gasteiger partial charge >= 0.3 is 221 Å². The van der Waals surface area contributed by atoms with E-state index < -0.39 is 18.4 Å². The molecule has 1 atom stereocenters. The van der Waals surface area contributed by atoms with Gasteiger partial charge in [-0.1, -0.05) is 0 Å². The number of hydrogen-bond acceptors (Lipinski definition) is 2. The van der Waals surface area contributed by atoms with Gasteiger partial charge < -0.3 is 0 Å². The van der Waals surface area contributed by atoms with Crippen LogP contribution in [0.15, 0.2) is 72.8 Å². The molecule has 35 heavy (non-hydrogen) atoms. The molecule has 0 bridgehead atoms. The number of unbranched alkanes of at least 4 members (excludes halogenated alkanes) is 3. The average molecular weight is 585 g/mol. The molecule has 0 spiro atoms. The van der Waals surface area contributed by atoms with Gasteiger partial charge in [0, 0.05) is 0 Å². The minimum absolute atomic E-state index is 0.104. The third-order valence-electron chi connectivity index (χ3n) is 7.02. The van der Waals surface area contributed by atoms with Crippen molar-refractivity contribution in [2.75, 3.05) is 11.2 Å². The fourth-order valence-electron chi connectivity index (χ4n) is 4.76. The maximum atomic E-state index is 6.42. The number of benzene rings is 2. The average Bonchev–Trinajstić information content (AvgIpc) is 2.91. The Morgan fingerprint density at radius 3 is 1.83 bits per heavy atom. The Balaban J connectivity index is 1.92. The van der Waals surface area contributed by atoms with Crippen LogP contribution in [-0.4, -0.2) is 35.7 Å². The van der Waals surface area contributed by atoms with Crippen molar-refractivity contribution in [1.82, 2.24) is 0 Å². The van der Waals surface area contributed by atoms with Gasteiger partial charge in [0.05, 0.1) is 0 Å². The van der Waals surface area contributed by atoms with Crippen LogP contribution in [0.4, 0.5) is 0 Å². The van der Waals surface area contributed by atoms with Crippen LogP contribution in [-0.2, 0) is 22.5 Å². The molecule has 0 aromatic heterocycles. The molecule has 2 aromatic rings. The summed E-state index contributed by atoms with van der Waals surface area (Å²) in [5, 5.41) is 0. The van der Waals surface area contributed by atoms with Crippen molar-refractivity contribution in [2.24, 2.45) is 0 Å². The van der Waals surface area contributed by atoms with E-state index in [4.69, 9.17) is 9.47 Å². The van der Waals surface area contributed by atoms with Crippen molar-refractivity contribution in [3.8, 4) is 0 Å². The Morgan fingerprint density at radius 2 is 1.29 bits per heavy atom. The molecule has 0 heterocycles. The Kier molecular flexibility index (Phi) is 16.4. The zero-order chi connectivity index (χ0) is 25.0. The van der Waals surface area contributed by atoms with Crippen molar-refractivity contribution in [3.05, 3.63) is 83.9 Å². The summed E-state index contributed by atoms with van der Waals surface area (Å²) in [5.74, 6) is 0. The van der Waals surface area contributed by atoms with E-state index in [1.165, 1.54) is 63.0 Å². The van der Waals surface area contributed by atoms with Gasteiger partial charge in [-0.2, -0.15) is 0 Å². The first-order chi connectivity index (χ1) is 17.2. The van der Waals surface area contributed by atoms with E-state index >= 15 is 0 Å². The third kappa shape index (κ3) is 13.1. The first kappa shape index (κ1) is 30.1. The fourth-order valence-corrected chi connectivity index (χ4v) is 19.2. The van der Waals surface area contributed by atoms with E-state index in [0.29, 0.717) is 6.61 Å². The van der Waals surface area contributed by atoms with Crippen LogP contribution in [0.1, 0.15) is 76.8 Å². The van der Waals surface area contributed by atoms with Crippen molar-refractivity contribution in [2.45, 2.75) is 98.2 Å². The summed E-state index contributed by atoms with van der Waals surface area (Å²) in [7, 11) is 0. The number of ether oxygens (including phenoxy) is 2. The number of aryl methyl sites for hydroxylation is 1. The molecule has 0 aliphatic carbocycles. The van der Waals surface area contributed by atoms with Gasteiger partial charge in [0.2, 0.25) is 0 Å². The van der Waals surface area contributed by atoms with Crippen LogP contribution >= 0.6 is 0 Å². The summed E-state index contributed by atoms with van der Waals surface area (Å²) in [6.45, 7) is 8.39. The van der Waals surface area contributed by atoms with Crippen LogP contribution in [0.3, 0.4) is 0 Å². The second-order valence-corrected chi connectivity index (χ2v) is 23.8. The van der Waals surface area contributed by atoms with Gasteiger partial charge in [-0.3, -0.25) is 0 Å². The van der Waals surface area contributed by atoms with E-state index in [2.05, 4.69) is 93.6 Å². The molecule has 0 radical (unpaired) electrons. The van der Waals surface area contributed by atoms with Gasteiger partial charge in [0.1, 0.15) is 0 Å². The molecule has 0 fully saturated rings. The number of hydrogen-bond donors (Lipinski definition) is 0. The van der Waals surface area contributed by atoms with Crippen LogP contribution in [0, 0.1) is 0 Å². The SMILES string of the molecule is CCC[CH2][Sn]([CH2]CCC)([CH2]CCC)[CH2]OC/C=C\C(CCc1ccccc1)OCc1ccccc1. The minimum atomic E-state index is -2.21. The van der Waals surface area contributed by atoms with Gasteiger partial charge in [0.15, 0.2) is 0 Å². The molecule has 2 rings (SSSR count). The summed E-state index contributed by atoms with van der Waals surface area (Å²) in [5.41, 5.74) is 2.59. The summed E-state index contributed by atoms with van der Waals surface area (Å²) in [6.07, 6.45) is 14.7. The Hall–Kier alpha value is -1.10. The van der Waals surface area contributed by atoms with Crippen molar-refractivity contribution >= 4 is 18.4 Å². The summed E-state index contributed by atoms with van der Waals surface area (Å²) in [4.78, 5) is 0. The summed E-state index contributed by atoms with van der Waals surface area (Å²) < 4.78 is 18.4. The first-order valence-electron chi connectivity index (χ1n) is 14.1. The quantitative estimate of drug-likeness (QED) is 0.0877. The van der Waals surface area contributed by atoms with E-state index in [-0.39, 0.29) is 6.10 Å². The normalized spacial score (nSPS) is 12.9. The predicted octanol–water partition coefficient (Wildman–Crippen LogP) is 9.17. The standard InChI is InChI=1S/C20H23O2.3C4H9.Sn/c1-21-16-8-13-20(15-14-18-9-4-2-5-10-18)22-17-19-11-6-3-7-12-19;3*1-3-4-2;/h2-13,20H,1,14-17H2;3*1,3-4H2,2H3;/b13-8-;;;;. The molecule has 0 aliphatic heterocycles. The fraction of sp³-hybridized carbons (Fsp3) is 0.562. The van der Waals surface area contributed by atoms with Gasteiger partial charge in [-0.15, -0.1) is 0 Å². The molecular weight excluding hydrogens is 535 g/mol. The topological polar surface area (TPSA) is 18.5 Å². The molecule has 2 aromatic carbocycles. The molecule has 0 N–H and O–H groups in total. The maximum absolute atomic E-state index is 6.42. The van der Waals surface area contributed by atoms with E-state index in [0.717, 1.165) is 24.1 Å². The van der Waals surface area contributed by atoms with Crippen LogP contribution in [0.25, 0.3) is 0 Å². The van der Waals surface area contributed by atoms with E-state index in [1.54, 1.807) is 0 Å². The second-order valence-electron chi connectivity index (χ2n) is 10.1. The molecule has 3 heteroatoms. The first-order valence-corrected chi connectivity index (χ1v) is 22.2. The van der Waals surface area contributed by atoms with Gasteiger partial charge in [-0.25, -0.2) is 0 Å². The molecule has 1 unspecified atom stereocenters. The zero-order valence-electron chi connectivity index (χ0n) is 22.7. The van der Waals surface area contributed by atoms with Gasteiger partial charge in [0.25, 0.3) is 0 Å². The molecule has 0 saturated heterocycles. The molecule has 0 amide bonds. The van der Waals surface area contributed by atoms with Crippen molar-refractivity contribution in [1.29, 1.82) is 0 Å². The van der Waals surface area contributed by atoms with Gasteiger partial charge in [-0.05, 0) is 0 Å². The second kappa shape index (κ2) is 19.1. The monoisotopic (exact) mass is 586 g/mol.